The second kappa shape index (κ2) is 9.16. The van der Waals surface area contributed by atoms with E-state index in [1.54, 1.807) is 14.0 Å². The van der Waals surface area contributed by atoms with Crippen LogP contribution in [0.5, 0.6) is 0 Å². The average molecular weight is 420 g/mol. The van der Waals surface area contributed by atoms with E-state index < -0.39 is 11.7 Å². The van der Waals surface area contributed by atoms with Crippen molar-refractivity contribution in [2.24, 2.45) is 5.10 Å². The highest BCUT2D eigenvalue weighted by Gasteiger charge is 2.30. The van der Waals surface area contributed by atoms with Crippen molar-refractivity contribution in [1.82, 2.24) is 20.5 Å². The summed E-state index contributed by atoms with van der Waals surface area (Å²) in [4.78, 5) is 0. The topological polar surface area (TPSA) is 63.5 Å². The van der Waals surface area contributed by atoms with Crippen LogP contribution in [0.3, 0.4) is 0 Å². The van der Waals surface area contributed by atoms with Crippen LogP contribution in [0.4, 0.5) is 13.2 Å². The number of halogens is 4. The van der Waals surface area contributed by atoms with Crippen LogP contribution in [0.2, 0.25) is 5.15 Å². The summed E-state index contributed by atoms with van der Waals surface area (Å²) in [5, 5.41) is 11.5. The predicted octanol–water partition coefficient (Wildman–Crippen LogP) is 3.30. The number of ether oxygens (including phenoxy) is 1. The van der Waals surface area contributed by atoms with E-state index in [0.717, 1.165) is 12.1 Å². The standard InChI is InChI=1S/C16H17ClF3N5OS/c1-10-13(9-22-23-15(27)21-6-7-26-2)14(17)25(24-10)12-5-3-4-11(8-12)16(18,19)20/h3-5,8-9H,6-7H2,1-2H3,(H2,21,23,27)/b22-9-. The fourth-order valence-corrected chi connectivity index (χ4v) is 2.58. The van der Waals surface area contributed by atoms with E-state index in [1.807, 2.05) is 0 Å². The number of benzene rings is 1. The van der Waals surface area contributed by atoms with Gasteiger partial charge in [0.15, 0.2) is 5.11 Å². The maximum absolute atomic E-state index is 12.9. The minimum atomic E-state index is -4.45. The summed E-state index contributed by atoms with van der Waals surface area (Å²) in [6.07, 6.45) is -3.05. The predicted molar refractivity (Wildman–Crippen MR) is 102 cm³/mol. The molecule has 0 spiro atoms. The van der Waals surface area contributed by atoms with E-state index in [9.17, 15) is 13.2 Å². The van der Waals surface area contributed by atoms with Crippen molar-refractivity contribution in [3.8, 4) is 5.69 Å². The number of nitrogens with zero attached hydrogens (tertiary/aromatic N) is 3. The van der Waals surface area contributed by atoms with E-state index >= 15 is 0 Å². The van der Waals surface area contributed by atoms with Crippen LogP contribution in [-0.2, 0) is 10.9 Å². The quantitative estimate of drug-likeness (QED) is 0.325. The summed E-state index contributed by atoms with van der Waals surface area (Å²) >= 11 is 11.3. The smallest absolute Gasteiger partial charge is 0.383 e. The van der Waals surface area contributed by atoms with Crippen molar-refractivity contribution in [1.29, 1.82) is 0 Å². The molecule has 11 heteroatoms. The summed E-state index contributed by atoms with van der Waals surface area (Å²) in [6.45, 7) is 2.68. The lowest BCUT2D eigenvalue weighted by atomic mass is 10.2. The van der Waals surface area contributed by atoms with Crippen LogP contribution in [0.25, 0.3) is 5.69 Å². The van der Waals surface area contributed by atoms with Crippen LogP contribution in [0, 0.1) is 6.92 Å². The van der Waals surface area contributed by atoms with E-state index in [1.165, 1.54) is 23.0 Å². The largest absolute Gasteiger partial charge is 0.416 e. The number of hydrogen-bond acceptors (Lipinski definition) is 4. The Morgan fingerprint density at radius 3 is 2.85 bits per heavy atom. The third-order valence-electron chi connectivity index (χ3n) is 3.42. The fraction of sp³-hybridized carbons (Fsp3) is 0.312. The summed E-state index contributed by atoms with van der Waals surface area (Å²) in [6, 6.07) is 4.75. The molecule has 0 saturated heterocycles. The van der Waals surface area contributed by atoms with Crippen molar-refractivity contribution in [2.45, 2.75) is 13.1 Å². The first-order valence-electron chi connectivity index (χ1n) is 7.72. The highest BCUT2D eigenvalue weighted by atomic mass is 35.5. The molecule has 0 amide bonds. The first-order chi connectivity index (χ1) is 12.7. The monoisotopic (exact) mass is 419 g/mol. The van der Waals surface area contributed by atoms with Gasteiger partial charge in [0.25, 0.3) is 0 Å². The van der Waals surface area contributed by atoms with Crippen LogP contribution in [-0.4, -0.2) is 41.4 Å². The number of hydrogen-bond donors (Lipinski definition) is 2. The van der Waals surface area contributed by atoms with Crippen molar-refractivity contribution in [2.75, 3.05) is 20.3 Å². The number of aromatic nitrogens is 2. The SMILES string of the molecule is COCCNC(=S)N/N=C\c1c(C)nn(-c2cccc(C(F)(F)F)c2)c1Cl. The molecule has 0 radical (unpaired) electrons. The van der Waals surface area contributed by atoms with Crippen LogP contribution in [0.15, 0.2) is 29.4 Å². The van der Waals surface area contributed by atoms with Crippen molar-refractivity contribution >= 4 is 35.1 Å². The zero-order valence-electron chi connectivity index (χ0n) is 14.5. The molecular formula is C16H17ClF3N5OS. The van der Waals surface area contributed by atoms with Gasteiger partial charge in [-0.1, -0.05) is 17.7 Å². The van der Waals surface area contributed by atoms with Gasteiger partial charge in [-0.3, -0.25) is 5.43 Å². The Labute approximate surface area is 164 Å². The van der Waals surface area contributed by atoms with Gasteiger partial charge in [0.2, 0.25) is 0 Å². The molecule has 0 unspecified atom stereocenters. The maximum Gasteiger partial charge on any atom is 0.416 e. The van der Waals surface area contributed by atoms with Gasteiger partial charge in [0, 0.05) is 13.7 Å². The first kappa shape index (κ1) is 21.1. The minimum Gasteiger partial charge on any atom is -0.383 e. The zero-order chi connectivity index (χ0) is 20.0. The number of alkyl halides is 3. The molecule has 0 aliphatic rings. The average Bonchev–Trinajstić information content (AvgIpc) is 2.89. The van der Waals surface area contributed by atoms with Crippen LogP contribution in [0.1, 0.15) is 16.8 Å². The second-order valence-electron chi connectivity index (χ2n) is 5.37. The molecule has 0 aliphatic carbocycles. The van der Waals surface area contributed by atoms with E-state index in [0.29, 0.717) is 29.5 Å². The van der Waals surface area contributed by atoms with Gasteiger partial charge in [-0.2, -0.15) is 23.4 Å². The Morgan fingerprint density at radius 2 is 2.19 bits per heavy atom. The molecule has 1 heterocycles. The van der Waals surface area contributed by atoms with Gasteiger partial charge in [-0.25, -0.2) is 4.68 Å². The molecule has 146 valence electrons. The molecule has 0 aliphatic heterocycles. The lowest BCUT2D eigenvalue weighted by Crippen LogP contribution is -2.34. The molecule has 6 nitrogen and oxygen atoms in total. The van der Waals surface area contributed by atoms with E-state index in [2.05, 4.69) is 20.9 Å². The van der Waals surface area contributed by atoms with Gasteiger partial charge in [-0.05, 0) is 37.3 Å². The zero-order valence-corrected chi connectivity index (χ0v) is 16.0. The third-order valence-corrected chi connectivity index (χ3v) is 4.02. The van der Waals surface area contributed by atoms with Crippen molar-refractivity contribution in [3.05, 3.63) is 46.2 Å². The number of methoxy groups -OCH3 is 1. The molecule has 2 aromatic rings. The molecule has 0 saturated carbocycles. The Morgan fingerprint density at radius 1 is 1.44 bits per heavy atom. The molecule has 1 aromatic heterocycles. The number of hydrazone groups is 1. The Kier molecular flexibility index (Phi) is 7.17. The molecule has 2 rings (SSSR count). The van der Waals surface area contributed by atoms with Gasteiger partial charge in [-0.15, -0.1) is 0 Å². The third kappa shape index (κ3) is 5.65. The highest BCUT2D eigenvalue weighted by Crippen LogP contribution is 2.31. The van der Waals surface area contributed by atoms with Crippen molar-refractivity contribution < 1.29 is 17.9 Å². The van der Waals surface area contributed by atoms with Gasteiger partial charge < -0.3 is 10.1 Å². The van der Waals surface area contributed by atoms with Gasteiger partial charge >= 0.3 is 6.18 Å². The summed E-state index contributed by atoms with van der Waals surface area (Å²) in [5.41, 5.74) is 2.99. The van der Waals surface area contributed by atoms with E-state index in [4.69, 9.17) is 28.6 Å². The molecule has 2 N–H and O–H groups in total. The lowest BCUT2D eigenvalue weighted by molar-refractivity contribution is -0.137. The van der Waals surface area contributed by atoms with Crippen LogP contribution < -0.4 is 10.7 Å². The van der Waals surface area contributed by atoms with Crippen molar-refractivity contribution in [3.63, 3.8) is 0 Å². The van der Waals surface area contributed by atoms with Gasteiger partial charge in [0.05, 0.1) is 35.3 Å². The first-order valence-corrected chi connectivity index (χ1v) is 8.51. The highest BCUT2D eigenvalue weighted by molar-refractivity contribution is 7.80. The molecule has 1 aromatic carbocycles. The normalized spacial score (nSPS) is 11.8. The molecule has 0 fully saturated rings. The molecular weight excluding hydrogens is 403 g/mol. The Hall–Kier alpha value is -2.17. The molecule has 0 bridgehead atoms. The summed E-state index contributed by atoms with van der Waals surface area (Å²) in [5.74, 6) is 0. The summed E-state index contributed by atoms with van der Waals surface area (Å²) < 4.78 is 44.8. The molecule has 0 atom stereocenters. The number of aryl methyl sites for hydroxylation is 1. The fourth-order valence-electron chi connectivity index (χ4n) is 2.10. The Bertz CT molecular complexity index is 838. The summed E-state index contributed by atoms with van der Waals surface area (Å²) in [7, 11) is 1.57. The number of thiocarbonyl (C=S) groups is 1. The minimum absolute atomic E-state index is 0.135. The lowest BCUT2D eigenvalue weighted by Gasteiger charge is -2.09. The Balaban J connectivity index is 2.17. The maximum atomic E-state index is 12.9. The van der Waals surface area contributed by atoms with E-state index in [-0.39, 0.29) is 10.8 Å². The second-order valence-corrected chi connectivity index (χ2v) is 6.13. The van der Waals surface area contributed by atoms with Gasteiger partial charge in [0.1, 0.15) is 5.15 Å². The number of nitrogens with one attached hydrogen (secondary N) is 2. The molecule has 27 heavy (non-hydrogen) atoms. The van der Waals surface area contributed by atoms with Crippen LogP contribution >= 0.6 is 23.8 Å². The number of rotatable bonds is 6.